The number of Topliss-reactive ketones (excluding diaryl/α,β-unsaturated/α-hetero) is 1. The van der Waals surface area contributed by atoms with Crippen LogP contribution in [0.5, 0.6) is 0 Å². The smallest absolute Gasteiger partial charge is 0.295 e. The van der Waals surface area contributed by atoms with Gasteiger partial charge in [-0.2, -0.15) is 5.10 Å². The number of amides is 1. The van der Waals surface area contributed by atoms with E-state index in [9.17, 15) is 9.59 Å². The van der Waals surface area contributed by atoms with E-state index in [1.165, 1.54) is 4.90 Å². The Bertz CT molecular complexity index is 1180. The van der Waals surface area contributed by atoms with Crippen molar-refractivity contribution in [3.8, 4) is 5.69 Å². The summed E-state index contributed by atoms with van der Waals surface area (Å²) in [5, 5.41) is 4.51. The van der Waals surface area contributed by atoms with Crippen molar-refractivity contribution in [2.24, 2.45) is 0 Å². The van der Waals surface area contributed by atoms with E-state index in [-0.39, 0.29) is 6.54 Å². The zero-order chi connectivity index (χ0) is 21.8. The molecule has 0 aliphatic rings. The van der Waals surface area contributed by atoms with Crippen LogP contribution in [-0.2, 0) is 17.9 Å². The maximum Gasteiger partial charge on any atom is 0.295 e. The van der Waals surface area contributed by atoms with Crippen LogP contribution in [0, 0.1) is 13.8 Å². The van der Waals surface area contributed by atoms with E-state index in [1.807, 2.05) is 67.6 Å². The number of nitrogens with zero attached hydrogens (tertiary/aromatic N) is 3. The van der Waals surface area contributed by atoms with Gasteiger partial charge >= 0.3 is 0 Å². The average Bonchev–Trinajstić information content (AvgIpc) is 3.41. The van der Waals surface area contributed by atoms with E-state index in [0.29, 0.717) is 29.3 Å². The lowest BCUT2D eigenvalue weighted by atomic mass is 10.1. The van der Waals surface area contributed by atoms with Crippen LogP contribution in [0.15, 0.2) is 83.5 Å². The number of para-hydroxylation sites is 1. The summed E-state index contributed by atoms with van der Waals surface area (Å²) in [4.78, 5) is 28.1. The summed E-state index contributed by atoms with van der Waals surface area (Å²) in [6, 6.07) is 22.7. The Morgan fingerprint density at radius 1 is 0.903 bits per heavy atom. The van der Waals surface area contributed by atoms with Gasteiger partial charge in [0.15, 0.2) is 0 Å². The number of rotatable bonds is 7. The molecule has 0 atom stereocenters. The molecule has 4 aromatic rings. The maximum atomic E-state index is 13.3. The Kier molecular flexibility index (Phi) is 5.80. The third-order valence-corrected chi connectivity index (χ3v) is 5.14. The number of ketones is 1. The molecular weight excluding hydrogens is 390 g/mol. The van der Waals surface area contributed by atoms with Gasteiger partial charge in [-0.25, -0.2) is 4.68 Å². The summed E-state index contributed by atoms with van der Waals surface area (Å²) in [5.74, 6) is -0.538. The number of carbonyl (C=O) groups is 2. The largest absolute Gasteiger partial charge is 0.467 e. The topological polar surface area (TPSA) is 68.3 Å². The Hall–Kier alpha value is -3.93. The van der Waals surface area contributed by atoms with Crippen LogP contribution in [0.2, 0.25) is 0 Å². The van der Waals surface area contributed by atoms with Gasteiger partial charge in [0.1, 0.15) is 5.76 Å². The van der Waals surface area contributed by atoms with E-state index in [4.69, 9.17) is 4.42 Å². The van der Waals surface area contributed by atoms with Gasteiger partial charge in [0, 0.05) is 6.54 Å². The third kappa shape index (κ3) is 4.33. The van der Waals surface area contributed by atoms with Gasteiger partial charge in [0.25, 0.3) is 11.7 Å². The highest BCUT2D eigenvalue weighted by molar-refractivity contribution is 6.43. The molecule has 0 saturated heterocycles. The summed E-state index contributed by atoms with van der Waals surface area (Å²) < 4.78 is 7.12. The number of furan rings is 1. The summed E-state index contributed by atoms with van der Waals surface area (Å²) in [6.07, 6.45) is 1.56. The van der Waals surface area contributed by atoms with Crippen molar-refractivity contribution in [3.63, 3.8) is 0 Å². The van der Waals surface area contributed by atoms with E-state index in [2.05, 4.69) is 5.10 Å². The van der Waals surface area contributed by atoms with Crippen LogP contribution >= 0.6 is 0 Å². The van der Waals surface area contributed by atoms with E-state index in [1.54, 1.807) is 30.0 Å². The van der Waals surface area contributed by atoms with Gasteiger partial charge in [-0.15, -0.1) is 0 Å². The fourth-order valence-electron chi connectivity index (χ4n) is 3.64. The lowest BCUT2D eigenvalue weighted by Gasteiger charge is -2.21. The van der Waals surface area contributed by atoms with E-state index in [0.717, 1.165) is 11.3 Å². The molecule has 2 aromatic carbocycles. The fraction of sp³-hybridized carbons (Fsp3) is 0.160. The number of hydrogen-bond acceptors (Lipinski definition) is 4. The highest BCUT2D eigenvalue weighted by Gasteiger charge is 2.29. The third-order valence-electron chi connectivity index (χ3n) is 5.14. The van der Waals surface area contributed by atoms with Gasteiger partial charge < -0.3 is 9.32 Å². The van der Waals surface area contributed by atoms with Gasteiger partial charge in [-0.1, -0.05) is 48.5 Å². The average molecular weight is 413 g/mol. The lowest BCUT2D eigenvalue weighted by molar-refractivity contribution is -0.127. The minimum Gasteiger partial charge on any atom is -0.467 e. The summed E-state index contributed by atoms with van der Waals surface area (Å²) in [6.45, 7) is 4.07. The molecule has 6 heteroatoms. The second kappa shape index (κ2) is 8.83. The Labute approximate surface area is 180 Å². The zero-order valence-corrected chi connectivity index (χ0v) is 17.5. The van der Waals surface area contributed by atoms with Gasteiger partial charge in [0.05, 0.1) is 35.4 Å². The van der Waals surface area contributed by atoms with Crippen LogP contribution in [-0.4, -0.2) is 26.4 Å². The second-order valence-electron chi connectivity index (χ2n) is 7.35. The van der Waals surface area contributed by atoms with Crippen molar-refractivity contribution in [1.82, 2.24) is 14.7 Å². The molecule has 0 N–H and O–H groups in total. The summed E-state index contributed by atoms with van der Waals surface area (Å²) in [7, 11) is 0. The molecular formula is C25H23N3O3. The molecule has 0 aliphatic carbocycles. The van der Waals surface area contributed by atoms with Crippen molar-refractivity contribution >= 4 is 11.7 Å². The first-order valence-corrected chi connectivity index (χ1v) is 10.1. The van der Waals surface area contributed by atoms with Crippen molar-refractivity contribution in [1.29, 1.82) is 0 Å². The molecule has 2 heterocycles. The molecule has 0 spiro atoms. The van der Waals surface area contributed by atoms with Gasteiger partial charge in [-0.05, 0) is 43.7 Å². The van der Waals surface area contributed by atoms with Crippen molar-refractivity contribution in [2.45, 2.75) is 26.9 Å². The first kappa shape index (κ1) is 20.3. The fourth-order valence-corrected chi connectivity index (χ4v) is 3.64. The van der Waals surface area contributed by atoms with Crippen LogP contribution in [0.4, 0.5) is 0 Å². The SMILES string of the molecule is Cc1nn(-c2ccccc2)c(C)c1C(=O)C(=O)N(Cc1ccccc1)Cc1ccco1. The molecule has 0 fully saturated rings. The lowest BCUT2D eigenvalue weighted by Crippen LogP contribution is -2.36. The number of aryl methyl sites for hydroxylation is 1. The minimum absolute atomic E-state index is 0.206. The molecule has 1 amide bonds. The standard InChI is InChI=1S/C25H23N3O3/c1-18-23(19(2)28(26-18)21-12-7-4-8-13-21)24(29)25(30)27(17-22-14-9-15-31-22)16-20-10-5-3-6-11-20/h3-15H,16-17H2,1-2H3. The Morgan fingerprint density at radius 3 is 2.23 bits per heavy atom. The first-order chi connectivity index (χ1) is 15.0. The molecule has 0 bridgehead atoms. The quantitative estimate of drug-likeness (QED) is 0.331. The van der Waals surface area contributed by atoms with Gasteiger partial charge in [0.2, 0.25) is 0 Å². The Balaban J connectivity index is 1.65. The molecule has 0 saturated carbocycles. The molecule has 4 rings (SSSR count). The predicted octanol–water partition coefficient (Wildman–Crippen LogP) is 4.49. The molecule has 31 heavy (non-hydrogen) atoms. The minimum atomic E-state index is -0.584. The van der Waals surface area contributed by atoms with Crippen molar-refractivity contribution in [3.05, 3.63) is 107 Å². The molecule has 2 aromatic heterocycles. The molecule has 6 nitrogen and oxygen atoms in total. The Morgan fingerprint density at radius 2 is 1.58 bits per heavy atom. The highest BCUT2D eigenvalue weighted by atomic mass is 16.3. The zero-order valence-electron chi connectivity index (χ0n) is 17.5. The first-order valence-electron chi connectivity index (χ1n) is 10.1. The van der Waals surface area contributed by atoms with Crippen molar-refractivity contribution < 1.29 is 14.0 Å². The number of carbonyl (C=O) groups excluding carboxylic acids is 2. The normalized spacial score (nSPS) is 10.8. The van der Waals surface area contributed by atoms with E-state index >= 15 is 0 Å². The predicted molar refractivity (Wildman–Crippen MR) is 117 cm³/mol. The maximum absolute atomic E-state index is 13.3. The molecule has 0 unspecified atom stereocenters. The summed E-state index contributed by atoms with van der Waals surface area (Å²) >= 11 is 0. The summed E-state index contributed by atoms with van der Waals surface area (Å²) in [5.41, 5.74) is 3.28. The van der Waals surface area contributed by atoms with Crippen LogP contribution in [0.3, 0.4) is 0 Å². The molecule has 156 valence electrons. The van der Waals surface area contributed by atoms with E-state index < -0.39 is 11.7 Å². The number of hydrogen-bond donors (Lipinski definition) is 0. The molecule has 0 aliphatic heterocycles. The monoisotopic (exact) mass is 413 g/mol. The highest BCUT2D eigenvalue weighted by Crippen LogP contribution is 2.20. The van der Waals surface area contributed by atoms with Crippen LogP contribution in [0.25, 0.3) is 5.69 Å². The second-order valence-corrected chi connectivity index (χ2v) is 7.35. The number of aromatic nitrogens is 2. The van der Waals surface area contributed by atoms with Gasteiger partial charge in [-0.3, -0.25) is 9.59 Å². The van der Waals surface area contributed by atoms with Crippen LogP contribution in [0.1, 0.15) is 33.1 Å². The van der Waals surface area contributed by atoms with Crippen molar-refractivity contribution in [2.75, 3.05) is 0 Å². The molecule has 0 radical (unpaired) electrons. The van der Waals surface area contributed by atoms with Crippen LogP contribution < -0.4 is 0 Å². The number of benzene rings is 2.